The van der Waals surface area contributed by atoms with Crippen molar-refractivity contribution in [1.82, 2.24) is 5.32 Å². The topological polar surface area (TPSA) is 142 Å². The van der Waals surface area contributed by atoms with Crippen LogP contribution in [0.3, 0.4) is 0 Å². The summed E-state index contributed by atoms with van der Waals surface area (Å²) in [6.07, 6.45) is 12.2. The second-order valence-electron chi connectivity index (χ2n) is 8.55. The largest absolute Gasteiger partial charge is 1.00 e. The van der Waals surface area contributed by atoms with Crippen LogP contribution in [0.5, 0.6) is 0 Å². The van der Waals surface area contributed by atoms with Crippen LogP contribution in [-0.2, 0) is 4.79 Å². The second-order valence-corrected chi connectivity index (χ2v) is 8.55. The van der Waals surface area contributed by atoms with E-state index in [4.69, 9.17) is 0 Å². The van der Waals surface area contributed by atoms with E-state index in [0.29, 0.717) is 25.8 Å². The summed E-state index contributed by atoms with van der Waals surface area (Å²) in [5.74, 6) is -3.62. The zero-order valence-electron chi connectivity index (χ0n) is 22.2. The number of carbonyl (C=O) groups excluding carboxylic acids is 2. The maximum Gasteiger partial charge on any atom is 1.00 e. The molecule has 0 aromatic heterocycles. The van der Waals surface area contributed by atoms with Crippen molar-refractivity contribution in [3.8, 4) is 0 Å². The minimum absolute atomic E-state index is 0. The first-order valence-electron chi connectivity index (χ1n) is 12.4. The van der Waals surface area contributed by atoms with Crippen LogP contribution in [0.4, 0.5) is 0 Å². The van der Waals surface area contributed by atoms with Gasteiger partial charge in [-0.25, -0.2) is 4.79 Å². The molecular weight excluding hydrogens is 482 g/mol. The average molecular weight is 521 g/mol. The maximum absolute atomic E-state index is 12.4. The average Bonchev–Trinajstić information content (AvgIpc) is 2.81. The monoisotopic (exact) mass is 520 g/mol. The first-order chi connectivity index (χ1) is 16.4. The number of carbonyl (C=O) groups is 3. The van der Waals surface area contributed by atoms with Gasteiger partial charge in [0.1, 0.15) is 6.04 Å². The van der Waals surface area contributed by atoms with Crippen molar-refractivity contribution in [1.29, 1.82) is 0 Å². The zero-order valence-corrected chi connectivity index (χ0v) is 26.2. The fourth-order valence-corrected chi connectivity index (χ4v) is 3.68. The Morgan fingerprint density at radius 1 is 0.861 bits per heavy atom. The Morgan fingerprint density at radius 2 is 1.42 bits per heavy atom. The maximum atomic E-state index is 12.4. The van der Waals surface area contributed by atoms with Gasteiger partial charge in [0.2, 0.25) is 0 Å². The van der Waals surface area contributed by atoms with E-state index >= 15 is 0 Å². The van der Waals surface area contributed by atoms with Gasteiger partial charge in [0, 0.05) is 17.7 Å². The third kappa shape index (κ3) is 16.8. The molecule has 36 heavy (non-hydrogen) atoms. The van der Waals surface area contributed by atoms with E-state index in [1.165, 1.54) is 62.8 Å². The van der Waals surface area contributed by atoms with E-state index in [-0.39, 0.29) is 82.6 Å². The number of rotatable bonds is 19. The van der Waals surface area contributed by atoms with Crippen molar-refractivity contribution in [2.45, 2.75) is 96.4 Å². The van der Waals surface area contributed by atoms with Crippen LogP contribution < -0.4 is 74.6 Å². The summed E-state index contributed by atoms with van der Waals surface area (Å²) in [7, 11) is 0. The molecule has 0 saturated carbocycles. The minimum atomic E-state index is -1.51. The van der Waals surface area contributed by atoms with Gasteiger partial charge in [-0.2, -0.15) is 0 Å². The quantitative estimate of drug-likeness (QED) is 0.0867. The molecular formula is C26H38N2Na2O6. The van der Waals surface area contributed by atoms with Crippen molar-refractivity contribution in [3.05, 3.63) is 35.4 Å². The summed E-state index contributed by atoms with van der Waals surface area (Å²) in [6.45, 7) is 2.53. The van der Waals surface area contributed by atoms with Crippen LogP contribution in [0.1, 0.15) is 111 Å². The molecule has 2 N–H and O–H groups in total. The molecule has 1 atom stereocenters. The fraction of sp³-hybridized carbons (Fsp3) is 0.615. The molecule has 0 aliphatic rings. The molecule has 190 valence electrons. The third-order valence-corrected chi connectivity index (χ3v) is 5.68. The molecule has 1 amide bonds. The Labute approximate surface area is 259 Å². The number of unbranched alkanes of at least 4 members (excludes halogenated alkanes) is 9. The van der Waals surface area contributed by atoms with E-state index in [1.807, 2.05) is 0 Å². The number of carboxylic acids is 2. The molecule has 1 aromatic carbocycles. The molecule has 0 bridgehead atoms. The number of carboxylic acid groups (broad SMARTS) is 2. The van der Waals surface area contributed by atoms with Crippen molar-refractivity contribution in [2.75, 3.05) is 6.54 Å². The molecule has 10 heteroatoms. The van der Waals surface area contributed by atoms with Gasteiger partial charge in [0.15, 0.2) is 0 Å². The Kier molecular flexibility index (Phi) is 24.0. The standard InChI is InChI=1S/C26H40N2O6.2Na/c1-2-3-4-5-6-7-8-9-10-18-23(29)27-19-14-13-17-22(26(33)34)28-24(30)20-15-11-12-16-21(20)25(31)32;;/h11-12,15-16,22H,2-10,13-14,17-19H2,1H3,(H,27,29)(H,28,30)(H,31,32)(H,33,34);;/q;2*+1/p-2/t22-;;/m0../s1. The van der Waals surface area contributed by atoms with Crippen LogP contribution in [0, 0.1) is 0 Å². The summed E-state index contributed by atoms with van der Waals surface area (Å²) < 4.78 is 0. The first-order valence-corrected chi connectivity index (χ1v) is 12.4. The van der Waals surface area contributed by atoms with E-state index in [2.05, 4.69) is 17.2 Å². The molecule has 0 aliphatic heterocycles. The predicted molar refractivity (Wildman–Crippen MR) is 128 cm³/mol. The summed E-state index contributed by atoms with van der Waals surface area (Å²) in [5.41, 5.74) is -0.445. The van der Waals surface area contributed by atoms with E-state index < -0.39 is 23.9 Å². The van der Waals surface area contributed by atoms with Gasteiger partial charge in [-0.1, -0.05) is 76.5 Å². The van der Waals surface area contributed by atoms with Crippen molar-refractivity contribution in [3.63, 3.8) is 0 Å². The SMILES string of the molecule is CCCCCCCCCCCC([O-])=NCCCC[C@H](NC(=O)c1ccccc1C(=O)[O-])C(=O)O.[Na+].[Na+]. The van der Waals surface area contributed by atoms with Gasteiger partial charge < -0.3 is 30.4 Å². The zero-order chi connectivity index (χ0) is 25.2. The van der Waals surface area contributed by atoms with E-state index in [9.17, 15) is 29.7 Å². The fourth-order valence-electron chi connectivity index (χ4n) is 3.68. The number of aliphatic imine (C=N–C) groups is 1. The number of aliphatic carboxylic acids is 1. The van der Waals surface area contributed by atoms with Gasteiger partial charge in [-0.3, -0.25) is 4.79 Å². The Hall–Kier alpha value is -0.900. The van der Waals surface area contributed by atoms with Crippen LogP contribution in [0.25, 0.3) is 0 Å². The van der Waals surface area contributed by atoms with E-state index in [1.54, 1.807) is 0 Å². The van der Waals surface area contributed by atoms with Crippen LogP contribution in [-0.4, -0.2) is 41.4 Å². The van der Waals surface area contributed by atoms with Crippen molar-refractivity contribution >= 4 is 23.7 Å². The first kappa shape index (κ1) is 37.3. The number of nitrogens with zero attached hydrogens (tertiary/aromatic N) is 1. The van der Waals surface area contributed by atoms with Gasteiger partial charge in [-0.15, -0.1) is 0 Å². The second kappa shape index (κ2) is 23.2. The normalized spacial score (nSPS) is 11.6. The van der Waals surface area contributed by atoms with Crippen LogP contribution in [0.2, 0.25) is 0 Å². The summed E-state index contributed by atoms with van der Waals surface area (Å²) in [4.78, 5) is 39.0. The number of hydrogen-bond donors (Lipinski definition) is 2. The summed E-state index contributed by atoms with van der Waals surface area (Å²) >= 11 is 0. The molecule has 8 nitrogen and oxygen atoms in total. The number of aromatic carboxylic acids is 1. The smallest absolute Gasteiger partial charge is 0.862 e. The number of benzene rings is 1. The molecule has 0 fully saturated rings. The van der Waals surface area contributed by atoms with Gasteiger partial charge >= 0.3 is 65.1 Å². The summed E-state index contributed by atoms with van der Waals surface area (Å²) in [6, 6.07) is 4.31. The Balaban J connectivity index is 0. The third-order valence-electron chi connectivity index (χ3n) is 5.68. The van der Waals surface area contributed by atoms with Gasteiger partial charge in [0.25, 0.3) is 5.91 Å². The molecule has 0 spiro atoms. The summed E-state index contributed by atoms with van der Waals surface area (Å²) in [5, 5.41) is 34.8. The Morgan fingerprint density at radius 3 is 1.97 bits per heavy atom. The molecule has 1 rings (SSSR count). The molecule has 1 aromatic rings. The molecule has 0 saturated heterocycles. The molecule has 0 aliphatic carbocycles. The van der Waals surface area contributed by atoms with Crippen molar-refractivity contribution < 1.29 is 88.8 Å². The van der Waals surface area contributed by atoms with Crippen LogP contribution >= 0.6 is 0 Å². The number of nitrogens with one attached hydrogen (secondary N) is 1. The number of hydrogen-bond acceptors (Lipinski definition) is 6. The van der Waals surface area contributed by atoms with Gasteiger partial charge in [0.05, 0.1) is 5.97 Å². The van der Waals surface area contributed by atoms with Crippen molar-refractivity contribution in [2.24, 2.45) is 4.99 Å². The molecule has 0 heterocycles. The minimum Gasteiger partial charge on any atom is -0.862 e. The Bertz CT molecular complexity index is 804. The van der Waals surface area contributed by atoms with E-state index in [0.717, 1.165) is 19.3 Å². The predicted octanol–water partition coefficient (Wildman–Crippen LogP) is -2.91. The molecule has 0 unspecified atom stereocenters. The van der Waals surface area contributed by atoms with Crippen LogP contribution in [0.15, 0.2) is 29.3 Å². The number of amides is 1. The van der Waals surface area contributed by atoms with Gasteiger partial charge in [-0.05, 0) is 44.1 Å². The molecule has 0 radical (unpaired) electrons.